The molecule has 0 aliphatic carbocycles. The van der Waals surface area contributed by atoms with E-state index >= 15 is 0 Å². The molecule has 0 saturated heterocycles. The van der Waals surface area contributed by atoms with E-state index in [1.165, 1.54) is 4.31 Å². The van der Waals surface area contributed by atoms with Crippen LogP contribution in [0.5, 0.6) is 0 Å². The number of benzene rings is 1. The number of ether oxygens (including phenoxy) is 1. The second-order valence-electron chi connectivity index (χ2n) is 5.24. The molecular formula is C15H26N2O3S. The molecule has 0 unspecified atom stereocenters. The van der Waals surface area contributed by atoms with Gasteiger partial charge in [-0.1, -0.05) is 6.07 Å². The highest BCUT2D eigenvalue weighted by Gasteiger charge is 2.23. The molecule has 1 N–H and O–H groups in total. The van der Waals surface area contributed by atoms with Crippen LogP contribution >= 0.6 is 0 Å². The summed E-state index contributed by atoms with van der Waals surface area (Å²) in [4.78, 5) is 0.396. The molecular weight excluding hydrogens is 288 g/mol. The van der Waals surface area contributed by atoms with Crippen LogP contribution in [-0.4, -0.2) is 47.1 Å². The minimum atomic E-state index is -3.46. The van der Waals surface area contributed by atoms with Gasteiger partial charge in [-0.25, -0.2) is 12.7 Å². The van der Waals surface area contributed by atoms with Crippen LogP contribution in [-0.2, 0) is 21.3 Å². The Hall–Kier alpha value is -0.950. The van der Waals surface area contributed by atoms with Crippen molar-refractivity contribution < 1.29 is 13.2 Å². The SMILES string of the molecule is CNCc1cc(C)c(C)c(S(=O)(=O)N(C)CCCOC)c1. The first-order chi connectivity index (χ1) is 9.84. The van der Waals surface area contributed by atoms with Gasteiger partial charge in [-0.3, -0.25) is 0 Å². The Morgan fingerprint density at radius 3 is 2.52 bits per heavy atom. The molecule has 1 rings (SSSR count). The van der Waals surface area contributed by atoms with Gasteiger partial charge in [-0.15, -0.1) is 0 Å². The lowest BCUT2D eigenvalue weighted by atomic mass is 10.1. The molecule has 120 valence electrons. The first-order valence-electron chi connectivity index (χ1n) is 7.04. The maximum absolute atomic E-state index is 12.7. The number of methoxy groups -OCH3 is 1. The lowest BCUT2D eigenvalue weighted by Gasteiger charge is -2.20. The van der Waals surface area contributed by atoms with E-state index in [0.717, 1.165) is 16.7 Å². The Labute approximate surface area is 128 Å². The van der Waals surface area contributed by atoms with Crippen LogP contribution in [0.3, 0.4) is 0 Å². The van der Waals surface area contributed by atoms with Crippen LogP contribution in [0.25, 0.3) is 0 Å². The normalized spacial score (nSPS) is 12.1. The fourth-order valence-electron chi connectivity index (χ4n) is 2.19. The Kier molecular flexibility index (Phi) is 6.80. The van der Waals surface area contributed by atoms with Crippen LogP contribution in [0.2, 0.25) is 0 Å². The standard InChI is InChI=1S/C15H26N2O3S/c1-12-9-14(11-16-3)10-15(13(12)2)21(18,19)17(4)7-6-8-20-5/h9-10,16H,6-8,11H2,1-5H3. The number of hydrogen-bond acceptors (Lipinski definition) is 4. The number of aryl methyl sites for hydroxylation is 1. The molecule has 0 aromatic heterocycles. The Morgan fingerprint density at radius 1 is 1.29 bits per heavy atom. The molecule has 1 aromatic rings. The van der Waals surface area contributed by atoms with Crippen LogP contribution in [0.1, 0.15) is 23.1 Å². The summed E-state index contributed by atoms with van der Waals surface area (Å²) in [6.45, 7) is 5.45. The molecule has 0 spiro atoms. The number of nitrogens with zero attached hydrogens (tertiary/aromatic N) is 1. The van der Waals surface area contributed by atoms with Crippen molar-refractivity contribution >= 4 is 10.0 Å². The molecule has 0 heterocycles. The van der Waals surface area contributed by atoms with Crippen molar-refractivity contribution in [3.8, 4) is 0 Å². The van der Waals surface area contributed by atoms with Gasteiger partial charge in [0.15, 0.2) is 0 Å². The summed E-state index contributed by atoms with van der Waals surface area (Å²) < 4.78 is 31.8. The molecule has 0 bridgehead atoms. The van der Waals surface area contributed by atoms with Crippen LogP contribution < -0.4 is 5.32 Å². The Morgan fingerprint density at radius 2 is 1.95 bits per heavy atom. The average molecular weight is 314 g/mol. The summed E-state index contributed by atoms with van der Waals surface area (Å²) in [5.74, 6) is 0. The average Bonchev–Trinajstić information content (AvgIpc) is 2.42. The summed E-state index contributed by atoms with van der Waals surface area (Å²) in [7, 11) is 1.61. The van der Waals surface area contributed by atoms with Gasteiger partial charge in [0.25, 0.3) is 0 Å². The van der Waals surface area contributed by atoms with Crippen LogP contribution in [0.15, 0.2) is 17.0 Å². The molecule has 0 atom stereocenters. The predicted molar refractivity (Wildman–Crippen MR) is 85.0 cm³/mol. The van der Waals surface area contributed by atoms with Crippen molar-refractivity contribution in [1.29, 1.82) is 0 Å². The summed E-state index contributed by atoms with van der Waals surface area (Å²) in [6.07, 6.45) is 0.681. The molecule has 0 radical (unpaired) electrons. The third-order valence-corrected chi connectivity index (χ3v) is 5.55. The minimum Gasteiger partial charge on any atom is -0.385 e. The van der Waals surface area contributed by atoms with Gasteiger partial charge in [0, 0.05) is 33.9 Å². The van der Waals surface area contributed by atoms with E-state index in [2.05, 4.69) is 5.32 Å². The maximum Gasteiger partial charge on any atom is 0.243 e. The second-order valence-corrected chi connectivity index (χ2v) is 7.25. The number of sulfonamides is 1. The van der Waals surface area contributed by atoms with Crippen molar-refractivity contribution in [1.82, 2.24) is 9.62 Å². The smallest absolute Gasteiger partial charge is 0.243 e. The number of rotatable bonds is 8. The fraction of sp³-hybridized carbons (Fsp3) is 0.600. The van der Waals surface area contributed by atoms with Gasteiger partial charge in [-0.05, 0) is 50.1 Å². The monoisotopic (exact) mass is 314 g/mol. The molecule has 6 heteroatoms. The van der Waals surface area contributed by atoms with Gasteiger partial charge in [0.05, 0.1) is 4.90 Å². The summed E-state index contributed by atoms with van der Waals surface area (Å²) in [6, 6.07) is 3.79. The lowest BCUT2D eigenvalue weighted by molar-refractivity contribution is 0.189. The largest absolute Gasteiger partial charge is 0.385 e. The van der Waals surface area contributed by atoms with Crippen molar-refractivity contribution in [2.75, 3.05) is 34.4 Å². The quantitative estimate of drug-likeness (QED) is 0.742. The molecule has 0 fully saturated rings. The van der Waals surface area contributed by atoms with E-state index in [1.807, 2.05) is 27.0 Å². The van der Waals surface area contributed by atoms with Gasteiger partial charge in [0.2, 0.25) is 10.0 Å². The van der Waals surface area contributed by atoms with Gasteiger partial charge < -0.3 is 10.1 Å². The Balaban J connectivity index is 3.11. The molecule has 5 nitrogen and oxygen atoms in total. The van der Waals surface area contributed by atoms with Gasteiger partial charge >= 0.3 is 0 Å². The van der Waals surface area contributed by atoms with Crippen molar-refractivity contribution in [2.24, 2.45) is 0 Å². The fourth-order valence-corrected chi connectivity index (χ4v) is 3.75. The third kappa shape index (κ3) is 4.51. The number of hydrogen-bond donors (Lipinski definition) is 1. The van der Waals surface area contributed by atoms with Crippen LogP contribution in [0.4, 0.5) is 0 Å². The van der Waals surface area contributed by atoms with Crippen LogP contribution in [0, 0.1) is 13.8 Å². The second kappa shape index (κ2) is 7.89. The van der Waals surface area contributed by atoms with Gasteiger partial charge in [0.1, 0.15) is 0 Å². The molecule has 21 heavy (non-hydrogen) atoms. The summed E-state index contributed by atoms with van der Waals surface area (Å²) >= 11 is 0. The minimum absolute atomic E-state index is 0.396. The van der Waals surface area contributed by atoms with Gasteiger partial charge in [-0.2, -0.15) is 0 Å². The first-order valence-corrected chi connectivity index (χ1v) is 8.48. The maximum atomic E-state index is 12.7. The predicted octanol–water partition coefficient (Wildman–Crippen LogP) is 1.68. The molecule has 1 aromatic carbocycles. The lowest BCUT2D eigenvalue weighted by Crippen LogP contribution is -2.29. The van der Waals surface area contributed by atoms with Crippen molar-refractivity contribution in [3.63, 3.8) is 0 Å². The zero-order valence-corrected chi connectivity index (χ0v) is 14.4. The van der Waals surface area contributed by atoms with E-state index in [4.69, 9.17) is 4.74 Å². The number of nitrogens with one attached hydrogen (secondary N) is 1. The van der Waals surface area contributed by atoms with E-state index in [9.17, 15) is 8.42 Å². The molecule has 0 saturated carbocycles. The molecule has 0 aliphatic rings. The van der Waals surface area contributed by atoms with Crippen molar-refractivity contribution in [3.05, 3.63) is 28.8 Å². The first kappa shape index (κ1) is 18.1. The highest BCUT2D eigenvalue weighted by molar-refractivity contribution is 7.89. The zero-order chi connectivity index (χ0) is 16.0. The highest BCUT2D eigenvalue weighted by Crippen LogP contribution is 2.24. The Bertz CT molecular complexity index is 571. The van der Waals surface area contributed by atoms with E-state index < -0.39 is 10.0 Å². The topological polar surface area (TPSA) is 58.6 Å². The molecule has 0 aliphatic heterocycles. The zero-order valence-electron chi connectivity index (χ0n) is 13.6. The molecule has 0 amide bonds. The van der Waals surface area contributed by atoms with E-state index in [1.54, 1.807) is 20.2 Å². The highest BCUT2D eigenvalue weighted by atomic mass is 32.2. The van der Waals surface area contributed by atoms with E-state index in [0.29, 0.717) is 31.0 Å². The summed E-state index contributed by atoms with van der Waals surface area (Å²) in [5.41, 5.74) is 2.78. The van der Waals surface area contributed by atoms with Crippen molar-refractivity contribution in [2.45, 2.75) is 31.7 Å². The summed E-state index contributed by atoms with van der Waals surface area (Å²) in [5, 5.41) is 3.06. The van der Waals surface area contributed by atoms with E-state index in [-0.39, 0.29) is 0 Å². The third-order valence-electron chi connectivity index (χ3n) is 3.57.